The highest BCUT2D eigenvalue weighted by atomic mass is 32.2. The minimum absolute atomic E-state index is 0.145. The molecule has 3 unspecified atom stereocenters. The quantitative estimate of drug-likeness (QED) is 0.565. The molecule has 18 heavy (non-hydrogen) atoms. The molecule has 0 spiro atoms. The van der Waals surface area contributed by atoms with Gasteiger partial charge in [-0.15, -0.1) is 0 Å². The van der Waals surface area contributed by atoms with Crippen molar-refractivity contribution in [3.8, 4) is 0 Å². The predicted molar refractivity (Wildman–Crippen MR) is 71.0 cm³/mol. The third-order valence-electron chi connectivity index (χ3n) is 2.38. The van der Waals surface area contributed by atoms with Crippen LogP contribution in [-0.2, 0) is 15.6 Å². The second kappa shape index (κ2) is 8.91. The summed E-state index contributed by atoms with van der Waals surface area (Å²) in [4.78, 5) is 21.9. The van der Waals surface area contributed by atoms with Crippen molar-refractivity contribution in [2.45, 2.75) is 32.7 Å². The fourth-order valence-corrected chi connectivity index (χ4v) is 2.19. The molecule has 2 amide bonds. The van der Waals surface area contributed by atoms with Crippen LogP contribution in [0.4, 0.5) is 4.79 Å². The van der Waals surface area contributed by atoms with E-state index in [1.807, 2.05) is 0 Å². The van der Waals surface area contributed by atoms with Crippen LogP contribution in [0.2, 0.25) is 0 Å². The van der Waals surface area contributed by atoms with Gasteiger partial charge in [0, 0.05) is 35.4 Å². The summed E-state index contributed by atoms with van der Waals surface area (Å²) < 4.78 is 10.9. The van der Waals surface area contributed by atoms with Gasteiger partial charge in [0.25, 0.3) is 0 Å². The van der Waals surface area contributed by atoms with Crippen molar-refractivity contribution in [1.82, 2.24) is 10.6 Å². The second-order valence-corrected chi connectivity index (χ2v) is 5.90. The Morgan fingerprint density at radius 2 is 1.94 bits per heavy atom. The Bertz CT molecular complexity index is 309. The molecule has 6 nitrogen and oxygen atoms in total. The zero-order valence-corrected chi connectivity index (χ0v) is 11.9. The molecule has 0 saturated heterocycles. The van der Waals surface area contributed by atoms with E-state index in [9.17, 15) is 13.8 Å². The number of rotatable bonds is 8. The minimum Gasteiger partial charge on any atom is -0.481 e. The van der Waals surface area contributed by atoms with Gasteiger partial charge in [-0.1, -0.05) is 6.92 Å². The number of hydrogen-bond donors (Lipinski definition) is 3. The van der Waals surface area contributed by atoms with E-state index in [-0.39, 0.29) is 12.1 Å². The van der Waals surface area contributed by atoms with Gasteiger partial charge >= 0.3 is 12.0 Å². The average Bonchev–Trinajstić information content (AvgIpc) is 2.22. The molecule has 0 aliphatic carbocycles. The van der Waals surface area contributed by atoms with E-state index in [0.717, 1.165) is 0 Å². The number of nitrogens with one attached hydrogen (secondary N) is 2. The molecule has 0 bridgehead atoms. The van der Waals surface area contributed by atoms with Crippen LogP contribution in [0.1, 0.15) is 26.7 Å². The molecule has 0 aromatic rings. The minimum atomic E-state index is -0.939. The summed E-state index contributed by atoms with van der Waals surface area (Å²) in [6, 6.07) is -0.454. The highest BCUT2D eigenvalue weighted by Gasteiger charge is 2.11. The predicted octanol–water partition coefficient (Wildman–Crippen LogP) is 0.553. The van der Waals surface area contributed by atoms with Crippen LogP contribution in [0.5, 0.6) is 0 Å². The Balaban J connectivity index is 3.65. The van der Waals surface area contributed by atoms with Gasteiger partial charge in [0.15, 0.2) is 0 Å². The van der Waals surface area contributed by atoms with Crippen molar-refractivity contribution in [2.75, 3.05) is 18.6 Å². The Hall–Kier alpha value is -1.11. The molecule has 0 rings (SSSR count). The summed E-state index contributed by atoms with van der Waals surface area (Å²) in [6.07, 6.45) is 2.74. The first-order valence-electron chi connectivity index (χ1n) is 5.90. The fourth-order valence-electron chi connectivity index (χ4n) is 1.40. The lowest BCUT2D eigenvalue weighted by atomic mass is 10.1. The normalized spacial score (nSPS) is 15.5. The standard InChI is InChI=1S/C11H22N2O4S/c1-8(10(14)15)5-4-6-12-11(16)13-9(2)7-18(3)17/h8-9H,4-7H2,1-3H3,(H,14,15)(H2,12,13,16). The smallest absolute Gasteiger partial charge is 0.315 e. The Morgan fingerprint density at radius 3 is 2.44 bits per heavy atom. The maximum absolute atomic E-state index is 11.4. The van der Waals surface area contributed by atoms with E-state index in [4.69, 9.17) is 5.11 Å². The Labute approximate surface area is 110 Å². The van der Waals surface area contributed by atoms with Gasteiger partial charge in [-0.05, 0) is 19.8 Å². The SMILES string of the molecule is CC(CS(C)=O)NC(=O)NCCCC(C)C(=O)O. The molecular weight excluding hydrogens is 256 g/mol. The van der Waals surface area contributed by atoms with Gasteiger partial charge in [-0.25, -0.2) is 4.79 Å². The largest absolute Gasteiger partial charge is 0.481 e. The molecule has 0 fully saturated rings. The zero-order chi connectivity index (χ0) is 14.1. The van der Waals surface area contributed by atoms with Crippen LogP contribution in [-0.4, -0.2) is 45.9 Å². The van der Waals surface area contributed by atoms with Crippen LogP contribution in [0.3, 0.4) is 0 Å². The fraction of sp³-hybridized carbons (Fsp3) is 0.818. The molecule has 0 radical (unpaired) electrons. The number of amides is 2. The number of carbonyl (C=O) groups is 2. The van der Waals surface area contributed by atoms with E-state index < -0.39 is 22.7 Å². The van der Waals surface area contributed by atoms with Crippen molar-refractivity contribution in [2.24, 2.45) is 5.92 Å². The van der Waals surface area contributed by atoms with Crippen LogP contribution >= 0.6 is 0 Å². The summed E-state index contributed by atoms with van der Waals surface area (Å²) in [5, 5.41) is 14.0. The molecule has 0 aliphatic rings. The molecule has 0 aromatic heterocycles. The molecule has 106 valence electrons. The lowest BCUT2D eigenvalue weighted by Crippen LogP contribution is -2.43. The van der Waals surface area contributed by atoms with Gasteiger partial charge in [-0.2, -0.15) is 0 Å². The molecule has 0 aliphatic heterocycles. The third kappa shape index (κ3) is 8.98. The third-order valence-corrected chi connectivity index (χ3v) is 3.35. The van der Waals surface area contributed by atoms with Crippen LogP contribution < -0.4 is 10.6 Å². The first-order chi connectivity index (χ1) is 8.32. The van der Waals surface area contributed by atoms with E-state index in [2.05, 4.69) is 10.6 Å². The van der Waals surface area contributed by atoms with E-state index in [1.54, 1.807) is 20.1 Å². The Kier molecular flexibility index (Phi) is 8.36. The number of urea groups is 1. The van der Waals surface area contributed by atoms with Gasteiger partial charge in [-0.3, -0.25) is 9.00 Å². The van der Waals surface area contributed by atoms with Gasteiger partial charge < -0.3 is 15.7 Å². The summed E-state index contributed by atoms with van der Waals surface area (Å²) in [7, 11) is -0.939. The van der Waals surface area contributed by atoms with Crippen molar-refractivity contribution in [1.29, 1.82) is 0 Å². The number of aliphatic carboxylic acids is 1. The monoisotopic (exact) mass is 278 g/mol. The molecule has 0 heterocycles. The molecular formula is C11H22N2O4S. The van der Waals surface area contributed by atoms with Gasteiger partial charge in [0.2, 0.25) is 0 Å². The lowest BCUT2D eigenvalue weighted by Gasteiger charge is -2.13. The topological polar surface area (TPSA) is 95.5 Å². The summed E-state index contributed by atoms with van der Waals surface area (Å²) in [5.41, 5.74) is 0. The number of hydrogen-bond acceptors (Lipinski definition) is 3. The van der Waals surface area contributed by atoms with Crippen molar-refractivity contribution in [3.63, 3.8) is 0 Å². The molecule has 3 N–H and O–H groups in total. The molecule has 7 heteroatoms. The van der Waals surface area contributed by atoms with E-state index in [1.165, 1.54) is 0 Å². The van der Waals surface area contributed by atoms with Crippen LogP contribution in [0.25, 0.3) is 0 Å². The summed E-state index contributed by atoms with van der Waals surface area (Å²) in [5.74, 6) is -0.793. The average molecular weight is 278 g/mol. The first-order valence-corrected chi connectivity index (χ1v) is 7.62. The molecule has 3 atom stereocenters. The van der Waals surface area contributed by atoms with Crippen LogP contribution in [0, 0.1) is 5.92 Å². The van der Waals surface area contributed by atoms with Crippen molar-refractivity contribution in [3.05, 3.63) is 0 Å². The number of carboxylic acids is 1. The second-order valence-electron chi connectivity index (χ2n) is 4.42. The molecule has 0 saturated carbocycles. The first kappa shape index (κ1) is 16.9. The van der Waals surface area contributed by atoms with Crippen molar-refractivity contribution < 1.29 is 18.9 Å². The van der Waals surface area contributed by atoms with E-state index in [0.29, 0.717) is 25.1 Å². The van der Waals surface area contributed by atoms with Gasteiger partial charge in [0.1, 0.15) is 0 Å². The van der Waals surface area contributed by atoms with Crippen molar-refractivity contribution >= 4 is 22.8 Å². The maximum Gasteiger partial charge on any atom is 0.315 e. The number of carboxylic acid groups (broad SMARTS) is 1. The zero-order valence-electron chi connectivity index (χ0n) is 11.1. The molecule has 0 aromatic carbocycles. The number of carbonyl (C=O) groups excluding carboxylic acids is 1. The highest BCUT2D eigenvalue weighted by Crippen LogP contribution is 2.03. The maximum atomic E-state index is 11.4. The lowest BCUT2D eigenvalue weighted by molar-refractivity contribution is -0.141. The van der Waals surface area contributed by atoms with E-state index >= 15 is 0 Å². The highest BCUT2D eigenvalue weighted by molar-refractivity contribution is 7.84. The van der Waals surface area contributed by atoms with Gasteiger partial charge in [0.05, 0.1) is 5.92 Å². The summed E-state index contributed by atoms with van der Waals surface area (Å²) in [6.45, 7) is 3.86. The van der Waals surface area contributed by atoms with Crippen LogP contribution in [0.15, 0.2) is 0 Å². The summed E-state index contributed by atoms with van der Waals surface area (Å²) >= 11 is 0. The Morgan fingerprint density at radius 1 is 1.33 bits per heavy atom.